The summed E-state index contributed by atoms with van der Waals surface area (Å²) in [6, 6.07) is -0.623. The van der Waals surface area contributed by atoms with E-state index in [4.69, 9.17) is 16.6 Å². The van der Waals surface area contributed by atoms with Crippen molar-refractivity contribution in [1.82, 2.24) is 5.32 Å². The largest absolute Gasteiger partial charge is 0.396 e. The van der Waals surface area contributed by atoms with Crippen molar-refractivity contribution in [3.8, 4) is 0 Å². The van der Waals surface area contributed by atoms with E-state index in [0.717, 1.165) is 19.4 Å². The number of hydrogen-bond donors (Lipinski definition) is 4. The van der Waals surface area contributed by atoms with E-state index in [0.29, 0.717) is 12.5 Å². The normalized spacial score (nSPS) is 15.1. The maximum Gasteiger partial charge on any atom is 0.235 e. The highest BCUT2D eigenvalue weighted by molar-refractivity contribution is 5.79. The van der Waals surface area contributed by atoms with E-state index in [2.05, 4.69) is 12.2 Å². The summed E-state index contributed by atoms with van der Waals surface area (Å²) >= 11 is 0. The number of rotatable bonds is 8. The molecule has 5 heteroatoms. The van der Waals surface area contributed by atoms with Crippen molar-refractivity contribution >= 4 is 5.91 Å². The summed E-state index contributed by atoms with van der Waals surface area (Å²) in [5.74, 6) is -0.0622. The molecule has 0 saturated carbocycles. The van der Waals surface area contributed by atoms with Crippen LogP contribution in [0.5, 0.6) is 0 Å². The van der Waals surface area contributed by atoms with Crippen molar-refractivity contribution in [2.75, 3.05) is 19.7 Å². The Labute approximate surface area is 84.8 Å². The fourth-order valence-electron chi connectivity index (χ4n) is 1.18. The lowest BCUT2D eigenvalue weighted by molar-refractivity contribution is -0.119. The van der Waals surface area contributed by atoms with Crippen LogP contribution in [0.15, 0.2) is 0 Å². The zero-order valence-electron chi connectivity index (χ0n) is 8.70. The Kier molecular flexibility index (Phi) is 7.37. The van der Waals surface area contributed by atoms with Gasteiger partial charge in [0.15, 0.2) is 0 Å². The Hall–Kier alpha value is -0.650. The van der Waals surface area contributed by atoms with Gasteiger partial charge in [0, 0.05) is 13.2 Å². The summed E-state index contributed by atoms with van der Waals surface area (Å²) in [4.78, 5) is 10.6. The molecular weight excluding hydrogens is 182 g/mol. The molecule has 1 amide bonds. The Morgan fingerprint density at radius 1 is 1.50 bits per heavy atom. The minimum atomic E-state index is -0.623. The number of hydrogen-bond acceptors (Lipinski definition) is 4. The molecule has 2 atom stereocenters. The highest BCUT2D eigenvalue weighted by Gasteiger charge is 2.10. The standard InChI is InChI=1S/C9H21N3O2/c1-2-7(3-4-13)5-12-6-8(10)9(11)14/h7-8,12-13H,2-6,10H2,1H3,(H2,11,14). The second kappa shape index (κ2) is 7.73. The summed E-state index contributed by atoms with van der Waals surface area (Å²) in [5.41, 5.74) is 10.4. The second-order valence-electron chi connectivity index (χ2n) is 3.45. The van der Waals surface area contributed by atoms with Crippen LogP contribution in [0, 0.1) is 5.92 Å². The van der Waals surface area contributed by atoms with Crippen LogP contribution in [0.2, 0.25) is 0 Å². The zero-order valence-corrected chi connectivity index (χ0v) is 8.70. The van der Waals surface area contributed by atoms with E-state index >= 15 is 0 Å². The van der Waals surface area contributed by atoms with Crippen LogP contribution in [0.1, 0.15) is 19.8 Å². The molecule has 0 aliphatic heterocycles. The molecule has 0 bridgehead atoms. The summed E-state index contributed by atoms with van der Waals surface area (Å²) < 4.78 is 0. The number of carbonyl (C=O) groups is 1. The van der Waals surface area contributed by atoms with Crippen LogP contribution in [0.4, 0.5) is 0 Å². The predicted molar refractivity (Wildman–Crippen MR) is 55.5 cm³/mol. The number of nitrogens with one attached hydrogen (secondary N) is 1. The van der Waals surface area contributed by atoms with Crippen molar-refractivity contribution in [3.63, 3.8) is 0 Å². The van der Waals surface area contributed by atoms with Gasteiger partial charge in [-0.3, -0.25) is 4.79 Å². The van der Waals surface area contributed by atoms with Gasteiger partial charge in [-0.1, -0.05) is 13.3 Å². The molecule has 0 aliphatic rings. The van der Waals surface area contributed by atoms with Crippen molar-refractivity contribution in [3.05, 3.63) is 0 Å². The quantitative estimate of drug-likeness (QED) is 0.398. The van der Waals surface area contributed by atoms with E-state index in [1.807, 2.05) is 0 Å². The van der Waals surface area contributed by atoms with Crippen LogP contribution in [0.3, 0.4) is 0 Å². The molecule has 0 saturated heterocycles. The van der Waals surface area contributed by atoms with Crippen LogP contribution in [-0.4, -0.2) is 36.8 Å². The molecule has 0 radical (unpaired) electrons. The fourth-order valence-corrected chi connectivity index (χ4v) is 1.18. The van der Waals surface area contributed by atoms with Crippen LogP contribution < -0.4 is 16.8 Å². The molecule has 14 heavy (non-hydrogen) atoms. The van der Waals surface area contributed by atoms with Gasteiger partial charge < -0.3 is 21.9 Å². The van der Waals surface area contributed by atoms with E-state index in [1.54, 1.807) is 0 Å². The first-order chi connectivity index (χ1) is 6.61. The van der Waals surface area contributed by atoms with Gasteiger partial charge in [-0.2, -0.15) is 0 Å². The Morgan fingerprint density at radius 3 is 2.57 bits per heavy atom. The lowest BCUT2D eigenvalue weighted by Gasteiger charge is -2.15. The first-order valence-electron chi connectivity index (χ1n) is 4.98. The molecule has 0 aliphatic carbocycles. The number of aliphatic hydroxyl groups excluding tert-OH is 1. The first-order valence-corrected chi connectivity index (χ1v) is 4.98. The molecule has 6 N–H and O–H groups in total. The predicted octanol–water partition coefficient (Wildman–Crippen LogP) is -1.20. The first kappa shape index (κ1) is 13.4. The van der Waals surface area contributed by atoms with Crippen molar-refractivity contribution in [2.24, 2.45) is 17.4 Å². The zero-order chi connectivity index (χ0) is 11.0. The fraction of sp³-hybridized carbons (Fsp3) is 0.889. The summed E-state index contributed by atoms with van der Waals surface area (Å²) in [7, 11) is 0. The monoisotopic (exact) mass is 203 g/mol. The number of nitrogens with two attached hydrogens (primary N) is 2. The van der Waals surface area contributed by atoms with Crippen LogP contribution in [-0.2, 0) is 4.79 Å². The van der Waals surface area contributed by atoms with E-state index in [1.165, 1.54) is 0 Å². The SMILES string of the molecule is CCC(CCO)CNCC(N)C(N)=O. The third-order valence-electron chi connectivity index (χ3n) is 2.28. The molecule has 0 fully saturated rings. The molecule has 0 aromatic rings. The number of amides is 1. The maximum atomic E-state index is 10.6. The lowest BCUT2D eigenvalue weighted by atomic mass is 10.0. The Balaban J connectivity index is 3.55. The summed E-state index contributed by atoms with van der Waals surface area (Å²) in [6.45, 7) is 3.42. The number of primary amides is 1. The average Bonchev–Trinajstić information content (AvgIpc) is 2.16. The Bertz CT molecular complexity index is 164. The topological polar surface area (TPSA) is 101 Å². The van der Waals surface area contributed by atoms with Crippen molar-refractivity contribution in [2.45, 2.75) is 25.8 Å². The van der Waals surface area contributed by atoms with Gasteiger partial charge in [-0.15, -0.1) is 0 Å². The van der Waals surface area contributed by atoms with Crippen molar-refractivity contribution in [1.29, 1.82) is 0 Å². The van der Waals surface area contributed by atoms with Gasteiger partial charge in [0.25, 0.3) is 0 Å². The van der Waals surface area contributed by atoms with Crippen LogP contribution >= 0.6 is 0 Å². The molecule has 0 rings (SSSR count). The molecule has 0 aromatic carbocycles. The third-order valence-corrected chi connectivity index (χ3v) is 2.28. The maximum absolute atomic E-state index is 10.6. The minimum absolute atomic E-state index is 0.196. The molecule has 0 spiro atoms. The molecule has 0 aromatic heterocycles. The number of aliphatic hydroxyl groups is 1. The molecule has 84 valence electrons. The van der Waals surface area contributed by atoms with E-state index in [9.17, 15) is 4.79 Å². The van der Waals surface area contributed by atoms with Gasteiger partial charge in [-0.05, 0) is 18.9 Å². The average molecular weight is 203 g/mol. The summed E-state index contributed by atoms with van der Waals surface area (Å²) in [6.07, 6.45) is 1.77. The molecule has 2 unspecified atom stereocenters. The van der Waals surface area contributed by atoms with Gasteiger partial charge in [0.2, 0.25) is 5.91 Å². The van der Waals surface area contributed by atoms with Gasteiger partial charge in [-0.25, -0.2) is 0 Å². The number of carbonyl (C=O) groups excluding carboxylic acids is 1. The van der Waals surface area contributed by atoms with E-state index < -0.39 is 11.9 Å². The molecule has 0 heterocycles. The van der Waals surface area contributed by atoms with Crippen LogP contribution in [0.25, 0.3) is 0 Å². The van der Waals surface area contributed by atoms with Crippen molar-refractivity contribution < 1.29 is 9.90 Å². The Morgan fingerprint density at radius 2 is 2.14 bits per heavy atom. The lowest BCUT2D eigenvalue weighted by Crippen LogP contribution is -2.45. The van der Waals surface area contributed by atoms with E-state index in [-0.39, 0.29) is 6.61 Å². The van der Waals surface area contributed by atoms with Gasteiger partial charge in [0.05, 0.1) is 6.04 Å². The highest BCUT2D eigenvalue weighted by atomic mass is 16.3. The highest BCUT2D eigenvalue weighted by Crippen LogP contribution is 2.05. The summed E-state index contributed by atoms with van der Waals surface area (Å²) in [5, 5.41) is 11.8. The second-order valence-corrected chi connectivity index (χ2v) is 3.45. The molecule has 5 nitrogen and oxygen atoms in total. The van der Waals surface area contributed by atoms with Gasteiger partial charge in [0.1, 0.15) is 0 Å². The third kappa shape index (κ3) is 5.90. The van der Waals surface area contributed by atoms with Gasteiger partial charge >= 0.3 is 0 Å². The smallest absolute Gasteiger partial charge is 0.235 e. The minimum Gasteiger partial charge on any atom is -0.396 e. The molecular formula is C9H21N3O2.